The fourth-order valence-electron chi connectivity index (χ4n) is 3.63. The SMILES string of the molecule is O=C(O)C1CCC(Nc2cccc3nc(Nc4ccc(C(F)(F)F)cc4)nn23)CC1. The van der Waals surface area contributed by atoms with E-state index in [1.165, 1.54) is 12.1 Å². The van der Waals surface area contributed by atoms with E-state index in [0.717, 1.165) is 30.8 Å². The summed E-state index contributed by atoms with van der Waals surface area (Å²) in [6.45, 7) is 0. The number of hydrogen-bond acceptors (Lipinski definition) is 5. The molecular formula is C20H20F3N5O2. The van der Waals surface area contributed by atoms with Crippen LogP contribution in [0.15, 0.2) is 42.5 Å². The Morgan fingerprint density at radius 2 is 1.77 bits per heavy atom. The maximum absolute atomic E-state index is 12.7. The largest absolute Gasteiger partial charge is 0.481 e. The van der Waals surface area contributed by atoms with Gasteiger partial charge in [0.15, 0.2) is 5.65 Å². The van der Waals surface area contributed by atoms with Crippen molar-refractivity contribution in [2.45, 2.75) is 37.9 Å². The first-order valence-electron chi connectivity index (χ1n) is 9.59. The first-order valence-corrected chi connectivity index (χ1v) is 9.59. The Bertz CT molecular complexity index is 1040. The van der Waals surface area contributed by atoms with Crippen LogP contribution in [0.4, 0.5) is 30.6 Å². The summed E-state index contributed by atoms with van der Waals surface area (Å²) in [4.78, 5) is 15.5. The third kappa shape index (κ3) is 4.32. The van der Waals surface area contributed by atoms with Crippen LogP contribution in [-0.2, 0) is 11.0 Å². The number of carbonyl (C=O) groups is 1. The molecule has 1 fully saturated rings. The Balaban J connectivity index is 1.48. The summed E-state index contributed by atoms with van der Waals surface area (Å²) >= 11 is 0. The highest BCUT2D eigenvalue weighted by atomic mass is 19.4. The van der Waals surface area contributed by atoms with Gasteiger partial charge in [0, 0.05) is 11.7 Å². The number of rotatable bonds is 5. The predicted molar refractivity (Wildman–Crippen MR) is 105 cm³/mol. The zero-order chi connectivity index (χ0) is 21.3. The Kier molecular flexibility index (Phi) is 5.23. The molecule has 2 heterocycles. The van der Waals surface area contributed by atoms with Crippen LogP contribution in [0.2, 0.25) is 0 Å². The molecule has 0 unspecified atom stereocenters. The van der Waals surface area contributed by atoms with Gasteiger partial charge in [0.1, 0.15) is 5.82 Å². The van der Waals surface area contributed by atoms with Gasteiger partial charge in [-0.1, -0.05) is 6.07 Å². The van der Waals surface area contributed by atoms with Crippen molar-refractivity contribution in [2.75, 3.05) is 10.6 Å². The maximum atomic E-state index is 12.7. The lowest BCUT2D eigenvalue weighted by Crippen LogP contribution is -2.29. The summed E-state index contributed by atoms with van der Waals surface area (Å²) in [6.07, 6.45) is -1.64. The average Bonchev–Trinajstić information content (AvgIpc) is 3.11. The first kappa shape index (κ1) is 20.0. The van der Waals surface area contributed by atoms with Gasteiger partial charge in [0.05, 0.1) is 11.5 Å². The molecule has 1 aliphatic rings. The molecule has 30 heavy (non-hydrogen) atoms. The molecule has 10 heteroatoms. The zero-order valence-corrected chi connectivity index (χ0v) is 15.9. The van der Waals surface area contributed by atoms with Crippen LogP contribution in [0, 0.1) is 5.92 Å². The number of nitrogens with zero attached hydrogens (tertiary/aromatic N) is 3. The molecule has 7 nitrogen and oxygen atoms in total. The molecule has 0 aliphatic heterocycles. The number of nitrogens with one attached hydrogen (secondary N) is 2. The topological polar surface area (TPSA) is 91.5 Å². The second kappa shape index (κ2) is 7.85. The van der Waals surface area contributed by atoms with E-state index in [0.29, 0.717) is 24.2 Å². The van der Waals surface area contributed by atoms with Crippen molar-refractivity contribution in [1.82, 2.24) is 14.6 Å². The van der Waals surface area contributed by atoms with E-state index in [2.05, 4.69) is 20.7 Å². The van der Waals surface area contributed by atoms with Crippen molar-refractivity contribution in [3.05, 3.63) is 48.0 Å². The Morgan fingerprint density at radius 3 is 2.40 bits per heavy atom. The highest BCUT2D eigenvalue weighted by Gasteiger charge is 2.30. The molecule has 0 saturated heterocycles. The Labute approximate surface area is 169 Å². The number of fused-ring (bicyclic) bond motifs is 1. The minimum Gasteiger partial charge on any atom is -0.481 e. The van der Waals surface area contributed by atoms with Crippen LogP contribution in [0.3, 0.4) is 0 Å². The number of aromatic nitrogens is 3. The number of hydrogen-bond donors (Lipinski definition) is 3. The smallest absolute Gasteiger partial charge is 0.416 e. The third-order valence-corrected chi connectivity index (χ3v) is 5.26. The van der Waals surface area contributed by atoms with Gasteiger partial charge in [-0.05, 0) is 62.1 Å². The molecule has 3 aromatic rings. The molecule has 0 radical (unpaired) electrons. The highest BCUT2D eigenvalue weighted by Crippen LogP contribution is 2.30. The second-order valence-corrected chi connectivity index (χ2v) is 7.35. The number of aliphatic carboxylic acids is 1. The van der Waals surface area contributed by atoms with E-state index in [9.17, 15) is 18.0 Å². The maximum Gasteiger partial charge on any atom is 0.416 e. The molecule has 0 amide bonds. The number of benzene rings is 1. The molecular weight excluding hydrogens is 399 g/mol. The van der Waals surface area contributed by atoms with Crippen molar-refractivity contribution in [2.24, 2.45) is 5.92 Å². The van der Waals surface area contributed by atoms with Crippen molar-refractivity contribution < 1.29 is 23.1 Å². The standard InChI is InChI=1S/C20H20F3N5O2/c21-20(22,23)13-6-10-15(11-7-13)25-19-26-17-3-1-2-16(28(17)27-19)24-14-8-4-12(5-9-14)18(29)30/h1-3,6-7,10-12,14,24H,4-5,8-9H2,(H,25,27)(H,29,30). The molecule has 158 valence electrons. The Morgan fingerprint density at radius 1 is 1.07 bits per heavy atom. The van der Waals surface area contributed by atoms with Gasteiger partial charge in [-0.25, -0.2) is 0 Å². The van der Waals surface area contributed by atoms with Crippen LogP contribution in [-0.4, -0.2) is 31.7 Å². The number of alkyl halides is 3. The number of anilines is 3. The first-order chi connectivity index (χ1) is 14.3. The molecule has 4 rings (SSSR count). The fraction of sp³-hybridized carbons (Fsp3) is 0.350. The fourth-order valence-corrected chi connectivity index (χ4v) is 3.63. The molecule has 1 aromatic carbocycles. The summed E-state index contributed by atoms with van der Waals surface area (Å²) in [5.74, 6) is -0.0478. The van der Waals surface area contributed by atoms with Crippen LogP contribution in [0.25, 0.3) is 5.65 Å². The van der Waals surface area contributed by atoms with Crippen molar-refractivity contribution in [1.29, 1.82) is 0 Å². The quantitative estimate of drug-likeness (QED) is 0.562. The van der Waals surface area contributed by atoms with E-state index >= 15 is 0 Å². The van der Waals surface area contributed by atoms with Gasteiger partial charge in [-0.2, -0.15) is 22.7 Å². The van der Waals surface area contributed by atoms with E-state index in [-0.39, 0.29) is 17.9 Å². The van der Waals surface area contributed by atoms with Crippen LogP contribution in [0.1, 0.15) is 31.2 Å². The zero-order valence-electron chi connectivity index (χ0n) is 15.9. The van der Waals surface area contributed by atoms with Gasteiger partial charge in [0.2, 0.25) is 5.95 Å². The van der Waals surface area contributed by atoms with Crippen molar-refractivity contribution in [3.63, 3.8) is 0 Å². The highest BCUT2D eigenvalue weighted by molar-refractivity contribution is 5.70. The van der Waals surface area contributed by atoms with Crippen LogP contribution in [0.5, 0.6) is 0 Å². The van der Waals surface area contributed by atoms with E-state index in [1.807, 2.05) is 12.1 Å². The summed E-state index contributed by atoms with van der Waals surface area (Å²) in [6, 6.07) is 10.3. The van der Waals surface area contributed by atoms with E-state index in [1.54, 1.807) is 10.6 Å². The van der Waals surface area contributed by atoms with E-state index in [4.69, 9.17) is 5.11 Å². The summed E-state index contributed by atoms with van der Waals surface area (Å²) in [5.41, 5.74) is 0.300. The number of carboxylic acid groups (broad SMARTS) is 1. The lowest BCUT2D eigenvalue weighted by atomic mass is 9.86. The molecule has 3 N–H and O–H groups in total. The van der Waals surface area contributed by atoms with Crippen molar-refractivity contribution >= 4 is 29.1 Å². The third-order valence-electron chi connectivity index (χ3n) is 5.26. The average molecular weight is 419 g/mol. The minimum absolute atomic E-state index is 0.140. The van der Waals surface area contributed by atoms with E-state index < -0.39 is 17.7 Å². The monoisotopic (exact) mass is 419 g/mol. The number of carboxylic acids is 1. The van der Waals surface area contributed by atoms with Gasteiger partial charge < -0.3 is 15.7 Å². The number of pyridine rings is 1. The van der Waals surface area contributed by atoms with Crippen LogP contribution < -0.4 is 10.6 Å². The second-order valence-electron chi connectivity index (χ2n) is 7.35. The minimum atomic E-state index is -4.38. The van der Waals surface area contributed by atoms with Crippen molar-refractivity contribution in [3.8, 4) is 0 Å². The lowest BCUT2D eigenvalue weighted by Gasteiger charge is -2.27. The van der Waals surface area contributed by atoms with Gasteiger partial charge in [-0.15, -0.1) is 5.10 Å². The molecule has 0 atom stereocenters. The predicted octanol–water partition coefficient (Wildman–Crippen LogP) is 4.55. The molecule has 0 spiro atoms. The molecule has 0 bridgehead atoms. The normalized spacial score (nSPS) is 19.6. The Hall–Kier alpha value is -3.30. The van der Waals surface area contributed by atoms with Crippen LogP contribution >= 0.6 is 0 Å². The van der Waals surface area contributed by atoms with Gasteiger partial charge >= 0.3 is 12.1 Å². The summed E-state index contributed by atoms with van der Waals surface area (Å²) in [7, 11) is 0. The van der Waals surface area contributed by atoms with Gasteiger partial charge in [-0.3, -0.25) is 4.79 Å². The number of halogens is 3. The molecule has 1 saturated carbocycles. The lowest BCUT2D eigenvalue weighted by molar-refractivity contribution is -0.142. The molecule has 1 aliphatic carbocycles. The summed E-state index contributed by atoms with van der Waals surface area (Å²) in [5, 5.41) is 19.8. The summed E-state index contributed by atoms with van der Waals surface area (Å²) < 4.78 is 39.7. The molecule has 2 aromatic heterocycles. The van der Waals surface area contributed by atoms with Gasteiger partial charge in [0.25, 0.3) is 0 Å².